The summed E-state index contributed by atoms with van der Waals surface area (Å²) in [6, 6.07) is 0. The lowest BCUT2D eigenvalue weighted by Gasteiger charge is -2.14. The van der Waals surface area contributed by atoms with E-state index in [1.54, 1.807) is 0 Å². The van der Waals surface area contributed by atoms with Gasteiger partial charge in [-0.15, -0.1) is 11.3 Å². The number of thiazole rings is 1. The van der Waals surface area contributed by atoms with Crippen molar-refractivity contribution in [1.29, 1.82) is 0 Å². The average Bonchev–Trinajstić information content (AvgIpc) is 2.76. The summed E-state index contributed by atoms with van der Waals surface area (Å²) in [6.07, 6.45) is 4.99. The Kier molecular flexibility index (Phi) is 5.56. The van der Waals surface area contributed by atoms with Crippen LogP contribution in [0.15, 0.2) is 0 Å². The van der Waals surface area contributed by atoms with Crippen LogP contribution in [-0.2, 0) is 24.1 Å². The zero-order valence-corrected chi connectivity index (χ0v) is 11.8. The predicted molar refractivity (Wildman–Crippen MR) is 73.0 cm³/mol. The van der Waals surface area contributed by atoms with Crippen LogP contribution >= 0.6 is 11.3 Å². The summed E-state index contributed by atoms with van der Waals surface area (Å²) in [5, 5.41) is 9.84. The number of aryl methyl sites for hydroxylation is 2. The highest BCUT2D eigenvalue weighted by atomic mass is 32.1. The van der Waals surface area contributed by atoms with Crippen molar-refractivity contribution in [2.45, 2.75) is 32.2 Å². The second-order valence-corrected chi connectivity index (χ2v) is 5.93. The van der Waals surface area contributed by atoms with Gasteiger partial charge in [-0.3, -0.25) is 4.90 Å². The SMILES string of the molecule is CN(CCOCCO)Cc1nc2c(s1)CCCC2. The lowest BCUT2D eigenvalue weighted by molar-refractivity contribution is 0.0773. The third-order valence-corrected chi connectivity index (χ3v) is 4.29. The molecule has 1 aliphatic carbocycles. The third kappa shape index (κ3) is 4.02. The van der Waals surface area contributed by atoms with Gasteiger partial charge >= 0.3 is 0 Å². The van der Waals surface area contributed by atoms with Crippen LogP contribution in [0.2, 0.25) is 0 Å². The number of aliphatic hydroxyl groups excluding tert-OH is 1. The van der Waals surface area contributed by atoms with Gasteiger partial charge in [0, 0.05) is 11.4 Å². The van der Waals surface area contributed by atoms with E-state index in [0.717, 1.165) is 19.5 Å². The number of hydrogen-bond acceptors (Lipinski definition) is 5. The molecular weight excluding hydrogens is 248 g/mol. The van der Waals surface area contributed by atoms with Crippen molar-refractivity contribution in [3.05, 3.63) is 15.6 Å². The molecule has 0 atom stereocenters. The highest BCUT2D eigenvalue weighted by Gasteiger charge is 2.15. The molecule has 1 aliphatic rings. The van der Waals surface area contributed by atoms with Crippen molar-refractivity contribution in [2.75, 3.05) is 33.4 Å². The standard InChI is InChI=1S/C13H22N2O2S/c1-15(6-8-17-9-7-16)10-13-14-11-4-2-3-5-12(11)18-13/h16H,2-10H2,1H3. The van der Waals surface area contributed by atoms with Gasteiger partial charge in [0.15, 0.2) is 0 Å². The normalized spacial score (nSPS) is 15.1. The van der Waals surface area contributed by atoms with E-state index in [1.807, 2.05) is 11.3 Å². The first-order valence-corrected chi connectivity index (χ1v) is 7.46. The molecule has 0 radical (unpaired) electrons. The van der Waals surface area contributed by atoms with E-state index in [-0.39, 0.29) is 6.61 Å². The zero-order valence-electron chi connectivity index (χ0n) is 11.0. The molecule has 1 N–H and O–H groups in total. The van der Waals surface area contributed by atoms with Crippen molar-refractivity contribution < 1.29 is 9.84 Å². The lowest BCUT2D eigenvalue weighted by atomic mass is 10.0. The van der Waals surface area contributed by atoms with Crippen molar-refractivity contribution in [2.24, 2.45) is 0 Å². The monoisotopic (exact) mass is 270 g/mol. The molecule has 1 aromatic rings. The zero-order chi connectivity index (χ0) is 12.8. The highest BCUT2D eigenvalue weighted by molar-refractivity contribution is 7.11. The van der Waals surface area contributed by atoms with Crippen molar-refractivity contribution in [1.82, 2.24) is 9.88 Å². The minimum atomic E-state index is 0.100. The Morgan fingerprint density at radius 3 is 2.94 bits per heavy atom. The molecule has 0 aliphatic heterocycles. The van der Waals surface area contributed by atoms with E-state index in [4.69, 9.17) is 14.8 Å². The van der Waals surface area contributed by atoms with Gasteiger partial charge < -0.3 is 9.84 Å². The number of fused-ring (bicyclic) bond motifs is 1. The molecule has 0 saturated heterocycles. The van der Waals surface area contributed by atoms with Crippen LogP contribution in [0.4, 0.5) is 0 Å². The van der Waals surface area contributed by atoms with Gasteiger partial charge in [-0.25, -0.2) is 4.98 Å². The maximum atomic E-state index is 8.61. The van der Waals surface area contributed by atoms with Crippen molar-refractivity contribution >= 4 is 11.3 Å². The van der Waals surface area contributed by atoms with E-state index in [2.05, 4.69) is 11.9 Å². The van der Waals surface area contributed by atoms with E-state index >= 15 is 0 Å². The van der Waals surface area contributed by atoms with Crippen LogP contribution in [-0.4, -0.2) is 48.4 Å². The fourth-order valence-electron chi connectivity index (χ4n) is 2.17. The largest absolute Gasteiger partial charge is 0.394 e. The molecule has 102 valence electrons. The van der Waals surface area contributed by atoms with E-state index in [1.165, 1.54) is 34.8 Å². The molecule has 0 amide bonds. The van der Waals surface area contributed by atoms with Crippen LogP contribution in [0.3, 0.4) is 0 Å². The Balaban J connectivity index is 1.76. The van der Waals surface area contributed by atoms with Crippen molar-refractivity contribution in [3.63, 3.8) is 0 Å². The molecule has 0 aromatic carbocycles. The number of nitrogens with zero attached hydrogens (tertiary/aromatic N) is 2. The molecule has 0 bridgehead atoms. The molecule has 4 nitrogen and oxygen atoms in total. The second kappa shape index (κ2) is 7.19. The van der Waals surface area contributed by atoms with Gasteiger partial charge in [0.05, 0.1) is 32.1 Å². The summed E-state index contributed by atoms with van der Waals surface area (Å²) in [4.78, 5) is 8.46. The number of hydrogen-bond donors (Lipinski definition) is 1. The lowest BCUT2D eigenvalue weighted by Crippen LogP contribution is -2.23. The summed E-state index contributed by atoms with van der Waals surface area (Å²) in [7, 11) is 2.09. The van der Waals surface area contributed by atoms with Gasteiger partial charge in [0.25, 0.3) is 0 Å². The van der Waals surface area contributed by atoms with Gasteiger partial charge in [-0.2, -0.15) is 0 Å². The molecule has 0 unspecified atom stereocenters. The summed E-state index contributed by atoms with van der Waals surface area (Å²) in [5.74, 6) is 0. The Bertz CT molecular complexity index is 344. The fourth-order valence-corrected chi connectivity index (χ4v) is 3.41. The van der Waals surface area contributed by atoms with Crippen LogP contribution in [0, 0.1) is 0 Å². The molecular formula is C13H22N2O2S. The maximum absolute atomic E-state index is 8.61. The minimum absolute atomic E-state index is 0.100. The number of rotatable bonds is 7. The average molecular weight is 270 g/mol. The Morgan fingerprint density at radius 2 is 2.17 bits per heavy atom. The third-order valence-electron chi connectivity index (χ3n) is 3.15. The molecule has 0 fully saturated rings. The Labute approximate surface area is 113 Å². The number of likely N-dealkylation sites (N-methyl/N-ethyl adjacent to an activating group) is 1. The van der Waals surface area contributed by atoms with Gasteiger partial charge in [-0.05, 0) is 32.7 Å². The van der Waals surface area contributed by atoms with Gasteiger partial charge in [0.2, 0.25) is 0 Å². The minimum Gasteiger partial charge on any atom is -0.394 e. The molecule has 5 heteroatoms. The van der Waals surface area contributed by atoms with Gasteiger partial charge in [0.1, 0.15) is 5.01 Å². The van der Waals surface area contributed by atoms with E-state index in [9.17, 15) is 0 Å². The maximum Gasteiger partial charge on any atom is 0.107 e. The van der Waals surface area contributed by atoms with Crippen LogP contribution < -0.4 is 0 Å². The molecule has 18 heavy (non-hydrogen) atoms. The predicted octanol–water partition coefficient (Wildman–Crippen LogP) is 1.46. The quantitative estimate of drug-likeness (QED) is 0.762. The molecule has 0 spiro atoms. The van der Waals surface area contributed by atoms with Gasteiger partial charge in [-0.1, -0.05) is 0 Å². The van der Waals surface area contributed by atoms with Crippen LogP contribution in [0.25, 0.3) is 0 Å². The van der Waals surface area contributed by atoms with Crippen LogP contribution in [0.1, 0.15) is 28.4 Å². The number of aliphatic hydroxyl groups is 1. The second-order valence-electron chi connectivity index (χ2n) is 4.76. The fraction of sp³-hybridized carbons (Fsp3) is 0.769. The summed E-state index contributed by atoms with van der Waals surface area (Å²) < 4.78 is 5.26. The first-order chi connectivity index (χ1) is 8.79. The molecule has 1 heterocycles. The Hall–Kier alpha value is -0.490. The smallest absolute Gasteiger partial charge is 0.107 e. The van der Waals surface area contributed by atoms with E-state index < -0.39 is 0 Å². The van der Waals surface area contributed by atoms with Crippen molar-refractivity contribution in [3.8, 4) is 0 Å². The van der Waals surface area contributed by atoms with E-state index in [0.29, 0.717) is 13.2 Å². The summed E-state index contributed by atoms with van der Waals surface area (Å²) >= 11 is 1.87. The number of aromatic nitrogens is 1. The first-order valence-electron chi connectivity index (χ1n) is 6.64. The van der Waals surface area contributed by atoms with Crippen LogP contribution in [0.5, 0.6) is 0 Å². The molecule has 0 saturated carbocycles. The first kappa shape index (κ1) is 13.9. The topological polar surface area (TPSA) is 45.6 Å². The summed E-state index contributed by atoms with van der Waals surface area (Å²) in [5.41, 5.74) is 1.34. The molecule has 2 rings (SSSR count). The summed E-state index contributed by atoms with van der Waals surface area (Å²) in [6.45, 7) is 2.98. The number of ether oxygens (including phenoxy) is 1. The highest BCUT2D eigenvalue weighted by Crippen LogP contribution is 2.27. The Morgan fingerprint density at radius 1 is 1.33 bits per heavy atom. The molecule has 1 aromatic heterocycles.